The third-order valence-electron chi connectivity index (χ3n) is 1.67. The fourth-order valence-electron chi connectivity index (χ4n) is 1.07. The summed E-state index contributed by atoms with van der Waals surface area (Å²) in [4.78, 5) is 0. The first-order chi connectivity index (χ1) is 5.00. The molecule has 0 bridgehead atoms. The summed E-state index contributed by atoms with van der Waals surface area (Å²) in [6.07, 6.45) is 17.5. The Morgan fingerprint density at radius 3 is 2.00 bits per heavy atom. The third-order valence-corrected chi connectivity index (χ3v) is 1.67. The van der Waals surface area contributed by atoms with Crippen LogP contribution in [0.5, 0.6) is 0 Å². The van der Waals surface area contributed by atoms with E-state index in [1.165, 1.54) is 25.7 Å². The summed E-state index contributed by atoms with van der Waals surface area (Å²) in [5.74, 6) is 0. The fraction of sp³-hybridized carbons (Fsp3) is 0.500. The molecule has 10 heavy (non-hydrogen) atoms. The topological polar surface area (TPSA) is 0 Å². The lowest BCUT2D eigenvalue weighted by atomic mass is 10.1. The van der Waals surface area contributed by atoms with Crippen LogP contribution < -0.4 is 0 Å². The van der Waals surface area contributed by atoms with Crippen molar-refractivity contribution in [3.05, 3.63) is 30.7 Å². The van der Waals surface area contributed by atoms with Crippen LogP contribution in [0.4, 0.5) is 0 Å². The van der Waals surface area contributed by atoms with Gasteiger partial charge < -0.3 is 0 Å². The van der Waals surface area contributed by atoms with Gasteiger partial charge >= 0.3 is 0 Å². The van der Waals surface area contributed by atoms with Crippen LogP contribution in [0.25, 0.3) is 0 Å². The molecule has 0 nitrogen and oxygen atoms in total. The van der Waals surface area contributed by atoms with E-state index in [2.05, 4.69) is 30.7 Å². The fourth-order valence-corrected chi connectivity index (χ4v) is 1.07. The molecule has 1 rings (SSSR count). The molecule has 0 atom stereocenters. The molecule has 1 aliphatic carbocycles. The number of hydrogen-bond acceptors (Lipinski definition) is 0. The van der Waals surface area contributed by atoms with Gasteiger partial charge in [-0.15, -0.1) is 0 Å². The van der Waals surface area contributed by atoms with Crippen molar-refractivity contribution in [1.82, 2.24) is 0 Å². The van der Waals surface area contributed by atoms with Crippen molar-refractivity contribution in [1.29, 1.82) is 0 Å². The summed E-state index contributed by atoms with van der Waals surface area (Å²) in [5, 5.41) is 0. The zero-order chi connectivity index (χ0) is 7.07. The van der Waals surface area contributed by atoms with Crippen LogP contribution in [0.3, 0.4) is 0 Å². The quantitative estimate of drug-likeness (QED) is 0.447. The molecule has 0 aromatic carbocycles. The van der Waals surface area contributed by atoms with E-state index < -0.39 is 0 Å². The van der Waals surface area contributed by atoms with Crippen LogP contribution >= 0.6 is 0 Å². The van der Waals surface area contributed by atoms with Gasteiger partial charge in [0.1, 0.15) is 0 Å². The standard InChI is InChI=1S/C10H15/c1-2-4-6-8-10-9-7-5-3-1/h1-2,5,8,10H,3-4,6-7,9H2/b2-1+,10-8-. The molecule has 0 fully saturated rings. The van der Waals surface area contributed by atoms with Crippen molar-refractivity contribution in [2.45, 2.75) is 32.1 Å². The van der Waals surface area contributed by atoms with Gasteiger partial charge in [0, 0.05) is 0 Å². The lowest BCUT2D eigenvalue weighted by Gasteiger charge is -1.95. The second kappa shape index (κ2) is 5.28. The highest BCUT2D eigenvalue weighted by molar-refractivity contribution is 4.93. The second-order valence-corrected chi connectivity index (χ2v) is 2.62. The normalized spacial score (nSPS) is 27.2. The van der Waals surface area contributed by atoms with E-state index in [1.54, 1.807) is 0 Å². The van der Waals surface area contributed by atoms with Crippen molar-refractivity contribution in [3.63, 3.8) is 0 Å². The maximum atomic E-state index is 2.34. The van der Waals surface area contributed by atoms with Gasteiger partial charge in [0.25, 0.3) is 0 Å². The molecular weight excluding hydrogens is 120 g/mol. The first-order valence-corrected chi connectivity index (χ1v) is 4.12. The molecule has 0 aliphatic heterocycles. The van der Waals surface area contributed by atoms with Gasteiger partial charge in [0.2, 0.25) is 0 Å². The Morgan fingerprint density at radius 2 is 1.20 bits per heavy atom. The van der Waals surface area contributed by atoms with Gasteiger partial charge in [-0.3, -0.25) is 0 Å². The van der Waals surface area contributed by atoms with Crippen molar-refractivity contribution in [2.24, 2.45) is 0 Å². The van der Waals surface area contributed by atoms with E-state index in [0.717, 1.165) is 6.42 Å². The zero-order valence-electron chi connectivity index (χ0n) is 6.42. The Morgan fingerprint density at radius 1 is 0.600 bits per heavy atom. The third kappa shape index (κ3) is 3.49. The molecule has 0 heteroatoms. The van der Waals surface area contributed by atoms with Gasteiger partial charge in [-0.2, -0.15) is 0 Å². The van der Waals surface area contributed by atoms with E-state index in [1.807, 2.05) is 0 Å². The predicted octanol–water partition coefficient (Wildman–Crippen LogP) is 3.27. The van der Waals surface area contributed by atoms with E-state index in [4.69, 9.17) is 0 Å². The predicted molar refractivity (Wildman–Crippen MR) is 45.7 cm³/mol. The Labute approximate surface area is 63.6 Å². The molecule has 0 aromatic heterocycles. The summed E-state index contributed by atoms with van der Waals surface area (Å²) in [6.45, 7) is 0. The number of allylic oxidation sites excluding steroid dienone is 4. The Kier molecular flexibility index (Phi) is 4.00. The minimum atomic E-state index is 1.16. The zero-order valence-corrected chi connectivity index (χ0v) is 6.42. The summed E-state index contributed by atoms with van der Waals surface area (Å²) in [7, 11) is 0. The van der Waals surface area contributed by atoms with E-state index in [-0.39, 0.29) is 0 Å². The highest BCUT2D eigenvalue weighted by Gasteiger charge is 1.86. The molecular formula is C10H15. The lowest BCUT2D eigenvalue weighted by molar-refractivity contribution is 0.909. The molecule has 0 spiro atoms. The smallest absolute Gasteiger partial charge is 0.0316 e. The van der Waals surface area contributed by atoms with Crippen molar-refractivity contribution < 1.29 is 0 Å². The maximum absolute atomic E-state index is 2.34. The molecule has 0 saturated heterocycles. The minimum Gasteiger partial charge on any atom is -0.0885 e. The second-order valence-electron chi connectivity index (χ2n) is 2.62. The molecule has 0 N–H and O–H groups in total. The van der Waals surface area contributed by atoms with Crippen molar-refractivity contribution in [2.75, 3.05) is 0 Å². The summed E-state index contributed by atoms with van der Waals surface area (Å²) in [5.41, 5.74) is 0. The van der Waals surface area contributed by atoms with Crippen molar-refractivity contribution in [3.8, 4) is 0 Å². The Balaban J connectivity index is 2.23. The van der Waals surface area contributed by atoms with Crippen LogP contribution in [0, 0.1) is 6.42 Å². The Bertz CT molecular complexity index is 104. The number of hydrogen-bond donors (Lipinski definition) is 0. The minimum absolute atomic E-state index is 1.16. The highest BCUT2D eigenvalue weighted by atomic mass is 13.9. The maximum Gasteiger partial charge on any atom is -0.0316 e. The average molecular weight is 135 g/mol. The summed E-state index contributed by atoms with van der Waals surface area (Å²) < 4.78 is 0. The van der Waals surface area contributed by atoms with E-state index in [9.17, 15) is 0 Å². The van der Waals surface area contributed by atoms with Crippen LogP contribution in [0.1, 0.15) is 32.1 Å². The highest BCUT2D eigenvalue weighted by Crippen LogP contribution is 2.05. The molecule has 0 unspecified atom stereocenters. The first kappa shape index (κ1) is 7.59. The van der Waals surface area contributed by atoms with Gasteiger partial charge in [0.15, 0.2) is 0 Å². The first-order valence-electron chi connectivity index (χ1n) is 4.12. The van der Waals surface area contributed by atoms with Crippen LogP contribution in [-0.2, 0) is 0 Å². The summed E-state index contributed by atoms with van der Waals surface area (Å²) >= 11 is 0. The van der Waals surface area contributed by atoms with Crippen LogP contribution in [-0.4, -0.2) is 0 Å². The molecule has 1 aliphatic rings. The van der Waals surface area contributed by atoms with Gasteiger partial charge in [-0.25, -0.2) is 0 Å². The summed E-state index contributed by atoms with van der Waals surface area (Å²) in [6, 6.07) is 0. The van der Waals surface area contributed by atoms with Gasteiger partial charge in [0.05, 0.1) is 0 Å². The SMILES string of the molecule is [CH]1C/C=C/CC/C=C\CC1. The Hall–Kier alpha value is -0.520. The van der Waals surface area contributed by atoms with Crippen LogP contribution in [0.2, 0.25) is 0 Å². The lowest BCUT2D eigenvalue weighted by Crippen LogP contribution is -1.76. The van der Waals surface area contributed by atoms with Crippen LogP contribution in [0.15, 0.2) is 24.3 Å². The molecule has 55 valence electrons. The molecule has 0 heterocycles. The number of rotatable bonds is 0. The average Bonchev–Trinajstić information content (AvgIpc) is 2.01. The molecule has 0 aromatic rings. The van der Waals surface area contributed by atoms with Crippen molar-refractivity contribution >= 4 is 0 Å². The van der Waals surface area contributed by atoms with Gasteiger partial charge in [-0.1, -0.05) is 24.3 Å². The molecule has 0 amide bonds. The monoisotopic (exact) mass is 135 g/mol. The largest absolute Gasteiger partial charge is 0.0885 e. The van der Waals surface area contributed by atoms with Gasteiger partial charge in [-0.05, 0) is 38.5 Å². The van der Waals surface area contributed by atoms with E-state index in [0.29, 0.717) is 0 Å². The molecule has 1 radical (unpaired) electrons. The molecule has 0 saturated carbocycles. The van der Waals surface area contributed by atoms with E-state index >= 15 is 0 Å².